The molecular weight excluding hydrogens is 262 g/mol. The Morgan fingerprint density at radius 3 is 2.43 bits per heavy atom. The smallest absolute Gasteiger partial charge is 0.148 e. The van der Waals surface area contributed by atoms with Crippen LogP contribution in [0.3, 0.4) is 0 Å². The van der Waals surface area contributed by atoms with E-state index in [4.69, 9.17) is 4.74 Å². The Morgan fingerprint density at radius 1 is 1.19 bits per heavy atom. The number of aromatic nitrogens is 1. The first kappa shape index (κ1) is 14.9. The van der Waals surface area contributed by atoms with Crippen molar-refractivity contribution < 1.29 is 4.74 Å². The third-order valence-electron chi connectivity index (χ3n) is 2.95. The van der Waals surface area contributed by atoms with Gasteiger partial charge < -0.3 is 10.1 Å². The molecule has 1 aromatic carbocycles. The van der Waals surface area contributed by atoms with Crippen LogP contribution in [0.4, 0.5) is 11.5 Å². The lowest BCUT2D eigenvalue weighted by Gasteiger charge is -2.12. The standard InChI is InChI=1S/C17H19N3O/c1-11(2)21-15-7-5-14(6-8-15)20-17-16(10-18)12(3)9-13(4)19-17/h5-9,11H,1-4H3,(H,19,20). The maximum absolute atomic E-state index is 9.26. The Morgan fingerprint density at radius 2 is 1.86 bits per heavy atom. The zero-order chi connectivity index (χ0) is 15.4. The van der Waals surface area contributed by atoms with Crippen LogP contribution in [-0.4, -0.2) is 11.1 Å². The van der Waals surface area contributed by atoms with E-state index in [1.807, 2.05) is 58.0 Å². The van der Waals surface area contributed by atoms with Crippen LogP contribution in [0.15, 0.2) is 30.3 Å². The molecule has 0 aliphatic heterocycles. The minimum absolute atomic E-state index is 0.148. The number of aryl methyl sites for hydroxylation is 2. The second-order valence-corrected chi connectivity index (χ2v) is 5.23. The largest absolute Gasteiger partial charge is 0.491 e. The molecule has 108 valence electrons. The SMILES string of the molecule is Cc1cc(C)c(C#N)c(Nc2ccc(OC(C)C)cc2)n1. The lowest BCUT2D eigenvalue weighted by Crippen LogP contribution is -2.05. The fourth-order valence-corrected chi connectivity index (χ4v) is 2.09. The molecule has 0 bridgehead atoms. The summed E-state index contributed by atoms with van der Waals surface area (Å²) in [4.78, 5) is 4.41. The summed E-state index contributed by atoms with van der Waals surface area (Å²) in [5.74, 6) is 1.41. The van der Waals surface area contributed by atoms with E-state index in [0.29, 0.717) is 11.4 Å². The third-order valence-corrected chi connectivity index (χ3v) is 2.95. The summed E-state index contributed by atoms with van der Waals surface area (Å²) in [6.07, 6.45) is 0.148. The molecule has 1 heterocycles. The van der Waals surface area contributed by atoms with E-state index >= 15 is 0 Å². The van der Waals surface area contributed by atoms with Crippen LogP contribution in [0.1, 0.15) is 30.7 Å². The van der Waals surface area contributed by atoms with Crippen molar-refractivity contribution in [3.8, 4) is 11.8 Å². The lowest BCUT2D eigenvalue weighted by molar-refractivity contribution is 0.242. The van der Waals surface area contributed by atoms with Crippen molar-refractivity contribution in [2.45, 2.75) is 33.8 Å². The molecule has 0 fully saturated rings. The fourth-order valence-electron chi connectivity index (χ4n) is 2.09. The van der Waals surface area contributed by atoms with E-state index in [-0.39, 0.29) is 6.10 Å². The van der Waals surface area contributed by atoms with E-state index in [9.17, 15) is 5.26 Å². The quantitative estimate of drug-likeness (QED) is 0.916. The van der Waals surface area contributed by atoms with E-state index in [2.05, 4.69) is 16.4 Å². The van der Waals surface area contributed by atoms with Crippen molar-refractivity contribution >= 4 is 11.5 Å². The van der Waals surface area contributed by atoms with Gasteiger partial charge in [-0.15, -0.1) is 0 Å². The van der Waals surface area contributed by atoms with Crippen LogP contribution >= 0.6 is 0 Å². The van der Waals surface area contributed by atoms with Gasteiger partial charge in [0.2, 0.25) is 0 Å². The van der Waals surface area contributed by atoms with Crippen LogP contribution in [0.2, 0.25) is 0 Å². The van der Waals surface area contributed by atoms with Crippen molar-refractivity contribution in [1.29, 1.82) is 5.26 Å². The number of rotatable bonds is 4. The Hall–Kier alpha value is -2.54. The van der Waals surface area contributed by atoms with Gasteiger partial charge in [-0.1, -0.05) is 0 Å². The number of nitrogens with one attached hydrogen (secondary N) is 1. The van der Waals surface area contributed by atoms with Gasteiger partial charge in [0.25, 0.3) is 0 Å². The van der Waals surface area contributed by atoms with Gasteiger partial charge in [0.15, 0.2) is 0 Å². The molecule has 0 amide bonds. The first-order valence-electron chi connectivity index (χ1n) is 6.91. The molecule has 1 aromatic heterocycles. The molecule has 4 heteroatoms. The molecule has 0 aliphatic rings. The maximum atomic E-state index is 9.26. The van der Waals surface area contributed by atoms with Crippen LogP contribution < -0.4 is 10.1 Å². The van der Waals surface area contributed by atoms with Gasteiger partial charge in [-0.3, -0.25) is 0 Å². The fraction of sp³-hybridized carbons (Fsp3) is 0.294. The second kappa shape index (κ2) is 6.27. The zero-order valence-corrected chi connectivity index (χ0v) is 12.8. The molecule has 0 unspecified atom stereocenters. The number of ether oxygens (including phenoxy) is 1. The van der Waals surface area contributed by atoms with E-state index in [1.54, 1.807) is 0 Å². The normalized spacial score (nSPS) is 10.3. The minimum atomic E-state index is 0.148. The highest BCUT2D eigenvalue weighted by atomic mass is 16.5. The van der Waals surface area contributed by atoms with Crippen molar-refractivity contribution in [3.05, 3.63) is 47.2 Å². The van der Waals surface area contributed by atoms with Crippen molar-refractivity contribution in [1.82, 2.24) is 4.98 Å². The average molecular weight is 281 g/mol. The Labute approximate surface area is 125 Å². The molecule has 2 aromatic rings. The molecule has 0 radical (unpaired) electrons. The van der Waals surface area contributed by atoms with Gasteiger partial charge in [-0.2, -0.15) is 5.26 Å². The second-order valence-electron chi connectivity index (χ2n) is 5.23. The first-order valence-corrected chi connectivity index (χ1v) is 6.91. The molecule has 21 heavy (non-hydrogen) atoms. The summed E-state index contributed by atoms with van der Waals surface area (Å²) in [6.45, 7) is 7.81. The number of nitrogens with zero attached hydrogens (tertiary/aromatic N) is 2. The monoisotopic (exact) mass is 281 g/mol. The van der Waals surface area contributed by atoms with E-state index < -0.39 is 0 Å². The number of anilines is 2. The van der Waals surface area contributed by atoms with Crippen LogP contribution in [0, 0.1) is 25.2 Å². The predicted octanol–water partition coefficient (Wildman–Crippen LogP) is 4.10. The van der Waals surface area contributed by atoms with Crippen LogP contribution in [0.5, 0.6) is 5.75 Å². The van der Waals surface area contributed by atoms with E-state index in [1.165, 1.54) is 0 Å². The van der Waals surface area contributed by atoms with Crippen LogP contribution in [-0.2, 0) is 0 Å². The van der Waals surface area contributed by atoms with Gasteiger partial charge >= 0.3 is 0 Å². The number of benzene rings is 1. The molecule has 0 spiro atoms. The molecule has 2 rings (SSSR count). The van der Waals surface area contributed by atoms with Gasteiger partial charge in [0.05, 0.1) is 11.7 Å². The Balaban J connectivity index is 2.24. The molecule has 0 aliphatic carbocycles. The predicted molar refractivity (Wildman–Crippen MR) is 83.9 cm³/mol. The average Bonchev–Trinajstić information content (AvgIpc) is 2.40. The highest BCUT2D eigenvalue weighted by Crippen LogP contribution is 2.24. The summed E-state index contributed by atoms with van der Waals surface area (Å²) in [6, 6.07) is 11.7. The molecule has 1 N–H and O–H groups in total. The number of nitriles is 1. The molecule has 0 atom stereocenters. The van der Waals surface area contributed by atoms with Gasteiger partial charge in [0, 0.05) is 11.4 Å². The minimum Gasteiger partial charge on any atom is -0.491 e. The summed E-state index contributed by atoms with van der Waals surface area (Å²) in [5.41, 5.74) is 3.25. The third kappa shape index (κ3) is 3.73. The van der Waals surface area contributed by atoms with Gasteiger partial charge in [0.1, 0.15) is 17.6 Å². The number of hydrogen-bond acceptors (Lipinski definition) is 4. The highest BCUT2D eigenvalue weighted by Gasteiger charge is 2.09. The molecule has 4 nitrogen and oxygen atoms in total. The molecular formula is C17H19N3O. The van der Waals surface area contributed by atoms with Crippen molar-refractivity contribution in [3.63, 3.8) is 0 Å². The van der Waals surface area contributed by atoms with Crippen molar-refractivity contribution in [2.24, 2.45) is 0 Å². The van der Waals surface area contributed by atoms with Gasteiger partial charge in [-0.05, 0) is 63.6 Å². The van der Waals surface area contributed by atoms with Gasteiger partial charge in [-0.25, -0.2) is 4.98 Å². The van der Waals surface area contributed by atoms with E-state index in [0.717, 1.165) is 22.7 Å². The zero-order valence-electron chi connectivity index (χ0n) is 12.8. The maximum Gasteiger partial charge on any atom is 0.148 e. The summed E-state index contributed by atoms with van der Waals surface area (Å²) >= 11 is 0. The molecule has 0 saturated heterocycles. The Bertz CT molecular complexity index is 670. The summed E-state index contributed by atoms with van der Waals surface area (Å²) in [5, 5.41) is 12.5. The number of hydrogen-bond donors (Lipinski definition) is 1. The first-order chi connectivity index (χ1) is 9.99. The van der Waals surface area contributed by atoms with Crippen LogP contribution in [0.25, 0.3) is 0 Å². The summed E-state index contributed by atoms with van der Waals surface area (Å²) < 4.78 is 5.61. The van der Waals surface area contributed by atoms with Crippen molar-refractivity contribution in [2.75, 3.05) is 5.32 Å². The molecule has 0 saturated carbocycles. The Kier molecular flexibility index (Phi) is 4.44. The summed E-state index contributed by atoms with van der Waals surface area (Å²) in [7, 11) is 0. The lowest BCUT2D eigenvalue weighted by atomic mass is 10.1. The highest BCUT2D eigenvalue weighted by molar-refractivity contribution is 5.65. The number of pyridine rings is 1. The topological polar surface area (TPSA) is 57.9 Å².